The molecule has 0 aliphatic carbocycles. The molecule has 0 saturated carbocycles. The van der Waals surface area contributed by atoms with Crippen LogP contribution in [0.2, 0.25) is 0 Å². The van der Waals surface area contributed by atoms with Crippen LogP contribution in [-0.2, 0) is 30.3 Å². The molecule has 2 saturated heterocycles. The lowest BCUT2D eigenvalue weighted by atomic mass is 10.1. The summed E-state index contributed by atoms with van der Waals surface area (Å²) in [6.07, 6.45) is 1.21. The van der Waals surface area contributed by atoms with Gasteiger partial charge in [0.1, 0.15) is 6.04 Å². The van der Waals surface area contributed by atoms with Crippen molar-refractivity contribution < 1.29 is 23.9 Å². The van der Waals surface area contributed by atoms with Gasteiger partial charge in [-0.2, -0.15) is 0 Å². The van der Waals surface area contributed by atoms with Gasteiger partial charge in [0.05, 0.1) is 25.5 Å². The van der Waals surface area contributed by atoms with Gasteiger partial charge in [0, 0.05) is 26.2 Å². The van der Waals surface area contributed by atoms with Crippen LogP contribution in [0.3, 0.4) is 0 Å². The SMILES string of the molecule is O=C(CC1C(=O)NCCN1C(=O)CC1NCCNC1=O)OCCCc1ccccc1. The summed E-state index contributed by atoms with van der Waals surface area (Å²) in [5.41, 5.74) is 1.16. The van der Waals surface area contributed by atoms with Crippen LogP contribution < -0.4 is 16.0 Å². The Morgan fingerprint density at radius 3 is 2.53 bits per heavy atom. The summed E-state index contributed by atoms with van der Waals surface area (Å²) in [5, 5.41) is 8.40. The van der Waals surface area contributed by atoms with Crippen LogP contribution in [-0.4, -0.2) is 73.5 Å². The normalized spacial score (nSPS) is 21.5. The largest absolute Gasteiger partial charge is 0.466 e. The molecular weight excluding hydrogens is 388 g/mol. The van der Waals surface area contributed by atoms with Crippen LogP contribution in [0.1, 0.15) is 24.8 Å². The molecule has 162 valence electrons. The predicted molar refractivity (Wildman–Crippen MR) is 108 cm³/mol. The smallest absolute Gasteiger partial charge is 0.308 e. The van der Waals surface area contributed by atoms with Crippen LogP contribution in [0.25, 0.3) is 0 Å². The number of carbonyl (C=O) groups is 4. The van der Waals surface area contributed by atoms with Crippen LogP contribution in [0.15, 0.2) is 30.3 Å². The molecule has 2 aliphatic heterocycles. The van der Waals surface area contributed by atoms with Crippen molar-refractivity contribution in [1.29, 1.82) is 0 Å². The molecule has 2 unspecified atom stereocenters. The molecule has 1 aromatic carbocycles. The van der Waals surface area contributed by atoms with E-state index in [1.54, 1.807) is 0 Å². The summed E-state index contributed by atoms with van der Waals surface area (Å²) >= 11 is 0. The minimum Gasteiger partial charge on any atom is -0.466 e. The van der Waals surface area contributed by atoms with E-state index < -0.39 is 18.1 Å². The maximum absolute atomic E-state index is 12.7. The molecule has 3 N–H and O–H groups in total. The highest BCUT2D eigenvalue weighted by molar-refractivity contribution is 5.94. The summed E-state index contributed by atoms with van der Waals surface area (Å²) in [6, 6.07) is 8.35. The first-order valence-corrected chi connectivity index (χ1v) is 10.3. The number of nitrogens with one attached hydrogen (secondary N) is 3. The summed E-state index contributed by atoms with van der Waals surface area (Å²) in [6.45, 7) is 1.97. The fraction of sp³-hybridized carbons (Fsp3) is 0.524. The Kier molecular flexibility index (Phi) is 7.78. The van der Waals surface area contributed by atoms with Crippen LogP contribution >= 0.6 is 0 Å². The molecule has 3 rings (SSSR count). The molecule has 0 bridgehead atoms. The second-order valence-electron chi connectivity index (χ2n) is 7.41. The molecule has 9 heteroatoms. The first kappa shape index (κ1) is 21.8. The monoisotopic (exact) mass is 416 g/mol. The quantitative estimate of drug-likeness (QED) is 0.383. The number of aryl methyl sites for hydroxylation is 1. The third-order valence-electron chi connectivity index (χ3n) is 5.24. The predicted octanol–water partition coefficient (Wildman–Crippen LogP) is -0.642. The van der Waals surface area contributed by atoms with Gasteiger partial charge in [0.2, 0.25) is 17.7 Å². The lowest BCUT2D eigenvalue weighted by Gasteiger charge is -2.35. The molecule has 3 amide bonds. The van der Waals surface area contributed by atoms with Crippen LogP contribution in [0.4, 0.5) is 0 Å². The van der Waals surface area contributed by atoms with Crippen LogP contribution in [0.5, 0.6) is 0 Å². The standard InChI is InChI=1S/C21H28N4O5/c26-18(13-16-20(28)23-9-8-22-16)25-11-10-24-21(29)17(25)14-19(27)30-12-4-7-15-5-2-1-3-6-15/h1-3,5-6,16-17,22H,4,7-14H2,(H,23,28)(H,24,29). The third kappa shape index (κ3) is 6.03. The van der Waals surface area contributed by atoms with Gasteiger partial charge >= 0.3 is 5.97 Å². The second kappa shape index (κ2) is 10.7. The lowest BCUT2D eigenvalue weighted by molar-refractivity contribution is -0.152. The van der Waals surface area contributed by atoms with Crippen molar-refractivity contribution in [2.24, 2.45) is 0 Å². The van der Waals surface area contributed by atoms with E-state index in [4.69, 9.17) is 4.74 Å². The molecule has 1 aromatic rings. The van der Waals surface area contributed by atoms with E-state index in [1.165, 1.54) is 4.90 Å². The Morgan fingerprint density at radius 2 is 1.77 bits per heavy atom. The number of esters is 1. The number of rotatable bonds is 8. The minimum atomic E-state index is -0.917. The fourth-order valence-electron chi connectivity index (χ4n) is 3.64. The number of carbonyl (C=O) groups excluding carboxylic acids is 4. The van der Waals surface area contributed by atoms with Crippen molar-refractivity contribution in [3.63, 3.8) is 0 Å². The van der Waals surface area contributed by atoms with Gasteiger partial charge < -0.3 is 25.6 Å². The maximum Gasteiger partial charge on any atom is 0.308 e. The summed E-state index contributed by atoms with van der Waals surface area (Å²) < 4.78 is 5.28. The van der Waals surface area contributed by atoms with Crippen molar-refractivity contribution in [2.75, 3.05) is 32.8 Å². The maximum atomic E-state index is 12.7. The molecule has 2 heterocycles. The number of piperazine rings is 2. The van der Waals surface area contributed by atoms with Gasteiger partial charge in [0.15, 0.2) is 0 Å². The molecule has 0 spiro atoms. The topological polar surface area (TPSA) is 117 Å². The Labute approximate surface area is 175 Å². The van der Waals surface area contributed by atoms with E-state index in [0.717, 1.165) is 12.0 Å². The molecular formula is C21H28N4O5. The van der Waals surface area contributed by atoms with Crippen LogP contribution in [0, 0.1) is 0 Å². The lowest BCUT2D eigenvalue weighted by Crippen LogP contribution is -2.60. The zero-order valence-corrected chi connectivity index (χ0v) is 16.9. The first-order chi connectivity index (χ1) is 14.5. The van der Waals surface area contributed by atoms with E-state index >= 15 is 0 Å². The highest BCUT2D eigenvalue weighted by atomic mass is 16.5. The average molecular weight is 416 g/mol. The zero-order valence-electron chi connectivity index (χ0n) is 16.9. The van der Waals surface area contributed by atoms with E-state index in [0.29, 0.717) is 32.6 Å². The van der Waals surface area contributed by atoms with Crippen molar-refractivity contribution in [1.82, 2.24) is 20.9 Å². The second-order valence-corrected chi connectivity index (χ2v) is 7.41. The van der Waals surface area contributed by atoms with E-state index in [-0.39, 0.29) is 37.2 Å². The van der Waals surface area contributed by atoms with E-state index in [1.807, 2.05) is 30.3 Å². The summed E-state index contributed by atoms with van der Waals surface area (Å²) in [7, 11) is 0. The molecule has 2 atom stereocenters. The Bertz CT molecular complexity index is 770. The van der Waals surface area contributed by atoms with Gasteiger partial charge in [-0.3, -0.25) is 19.2 Å². The number of hydrogen-bond donors (Lipinski definition) is 3. The first-order valence-electron chi connectivity index (χ1n) is 10.3. The molecule has 0 radical (unpaired) electrons. The average Bonchev–Trinajstić information content (AvgIpc) is 2.75. The molecule has 30 heavy (non-hydrogen) atoms. The minimum absolute atomic E-state index is 0.0538. The summed E-state index contributed by atoms with van der Waals surface area (Å²) in [4.78, 5) is 50.6. The van der Waals surface area contributed by atoms with Crippen molar-refractivity contribution in [2.45, 2.75) is 37.8 Å². The van der Waals surface area contributed by atoms with E-state index in [2.05, 4.69) is 16.0 Å². The Morgan fingerprint density at radius 1 is 1.00 bits per heavy atom. The Balaban J connectivity index is 1.48. The van der Waals surface area contributed by atoms with E-state index in [9.17, 15) is 19.2 Å². The molecule has 0 aromatic heterocycles. The van der Waals surface area contributed by atoms with Gasteiger partial charge in [-0.05, 0) is 18.4 Å². The van der Waals surface area contributed by atoms with Gasteiger partial charge in [-0.25, -0.2) is 0 Å². The van der Waals surface area contributed by atoms with Crippen molar-refractivity contribution in [3.05, 3.63) is 35.9 Å². The number of benzene rings is 1. The fourth-order valence-corrected chi connectivity index (χ4v) is 3.64. The number of nitrogens with zero attached hydrogens (tertiary/aromatic N) is 1. The third-order valence-corrected chi connectivity index (χ3v) is 5.24. The van der Waals surface area contributed by atoms with Gasteiger partial charge in [-0.15, -0.1) is 0 Å². The molecule has 2 fully saturated rings. The van der Waals surface area contributed by atoms with Gasteiger partial charge in [0.25, 0.3) is 0 Å². The summed E-state index contributed by atoms with van der Waals surface area (Å²) in [5.74, 6) is -1.46. The molecule has 9 nitrogen and oxygen atoms in total. The highest BCUT2D eigenvalue weighted by Crippen LogP contribution is 2.13. The van der Waals surface area contributed by atoms with Crippen molar-refractivity contribution in [3.8, 4) is 0 Å². The Hall–Kier alpha value is -2.94. The molecule has 2 aliphatic rings. The number of hydrogen-bond acceptors (Lipinski definition) is 6. The number of amides is 3. The zero-order chi connectivity index (χ0) is 21.3. The highest BCUT2D eigenvalue weighted by Gasteiger charge is 2.36. The number of ether oxygens (including phenoxy) is 1. The van der Waals surface area contributed by atoms with Crippen molar-refractivity contribution >= 4 is 23.7 Å². The van der Waals surface area contributed by atoms with Gasteiger partial charge in [-0.1, -0.05) is 30.3 Å².